The molecule has 0 amide bonds. The standard InChI is InChI=1S/C20H23NO3/c22-18-12-20-19(23-14-24-20)11-17(18)13-21-8-6-16(7-9-21)10-15-4-2-1-3-5-15/h1-5,11-12,16,22H,6-10,13-14H2. The molecule has 2 aliphatic rings. The van der Waals surface area contributed by atoms with E-state index < -0.39 is 0 Å². The molecule has 4 heteroatoms. The van der Waals surface area contributed by atoms with E-state index in [1.165, 1.54) is 24.8 Å². The molecule has 1 saturated heterocycles. The first kappa shape index (κ1) is 15.3. The summed E-state index contributed by atoms with van der Waals surface area (Å²) in [7, 11) is 0. The summed E-state index contributed by atoms with van der Waals surface area (Å²) in [5.74, 6) is 2.43. The van der Waals surface area contributed by atoms with E-state index in [-0.39, 0.29) is 6.79 Å². The third-order valence-corrected chi connectivity index (χ3v) is 5.04. The molecule has 126 valence electrons. The van der Waals surface area contributed by atoms with Gasteiger partial charge < -0.3 is 14.6 Å². The van der Waals surface area contributed by atoms with Gasteiger partial charge in [-0.3, -0.25) is 4.90 Å². The van der Waals surface area contributed by atoms with E-state index in [9.17, 15) is 5.11 Å². The van der Waals surface area contributed by atoms with E-state index in [0.717, 1.165) is 36.9 Å². The van der Waals surface area contributed by atoms with E-state index in [2.05, 4.69) is 35.2 Å². The number of likely N-dealkylation sites (tertiary alicyclic amines) is 1. The molecule has 2 aromatic rings. The lowest BCUT2D eigenvalue weighted by atomic mass is 9.90. The van der Waals surface area contributed by atoms with Crippen LogP contribution >= 0.6 is 0 Å². The second-order valence-corrected chi connectivity index (χ2v) is 6.74. The van der Waals surface area contributed by atoms with Gasteiger partial charge in [-0.15, -0.1) is 0 Å². The van der Waals surface area contributed by atoms with Crippen molar-refractivity contribution in [3.63, 3.8) is 0 Å². The van der Waals surface area contributed by atoms with E-state index in [4.69, 9.17) is 9.47 Å². The molecule has 0 radical (unpaired) electrons. The lowest BCUT2D eigenvalue weighted by Crippen LogP contribution is -2.33. The Morgan fingerprint density at radius 1 is 1.00 bits per heavy atom. The van der Waals surface area contributed by atoms with Crippen LogP contribution in [-0.4, -0.2) is 29.9 Å². The number of aromatic hydroxyl groups is 1. The van der Waals surface area contributed by atoms with Crippen molar-refractivity contribution in [2.24, 2.45) is 5.92 Å². The van der Waals surface area contributed by atoms with Crippen LogP contribution in [0.1, 0.15) is 24.0 Å². The van der Waals surface area contributed by atoms with Gasteiger partial charge in [-0.1, -0.05) is 30.3 Å². The number of benzene rings is 2. The van der Waals surface area contributed by atoms with Crippen LogP contribution in [0.3, 0.4) is 0 Å². The Morgan fingerprint density at radius 2 is 1.71 bits per heavy atom. The smallest absolute Gasteiger partial charge is 0.231 e. The Morgan fingerprint density at radius 3 is 2.46 bits per heavy atom. The fourth-order valence-corrected chi connectivity index (χ4v) is 3.64. The first-order valence-electron chi connectivity index (χ1n) is 8.66. The summed E-state index contributed by atoms with van der Waals surface area (Å²) in [4.78, 5) is 2.42. The van der Waals surface area contributed by atoms with Gasteiger partial charge in [0.2, 0.25) is 6.79 Å². The lowest BCUT2D eigenvalue weighted by Gasteiger charge is -2.32. The predicted molar refractivity (Wildman–Crippen MR) is 92.4 cm³/mol. The number of ether oxygens (including phenoxy) is 2. The third kappa shape index (κ3) is 3.34. The molecule has 0 aromatic heterocycles. The van der Waals surface area contributed by atoms with Gasteiger partial charge in [-0.25, -0.2) is 0 Å². The Hall–Kier alpha value is -2.20. The van der Waals surface area contributed by atoms with Crippen LogP contribution in [0.4, 0.5) is 0 Å². The van der Waals surface area contributed by atoms with Gasteiger partial charge in [0.1, 0.15) is 5.75 Å². The molecule has 2 aliphatic heterocycles. The predicted octanol–water partition coefficient (Wildman–Crippen LogP) is 3.58. The van der Waals surface area contributed by atoms with Crippen molar-refractivity contribution in [1.29, 1.82) is 0 Å². The second kappa shape index (κ2) is 6.73. The van der Waals surface area contributed by atoms with Gasteiger partial charge in [-0.05, 0) is 49.9 Å². The van der Waals surface area contributed by atoms with E-state index >= 15 is 0 Å². The Kier molecular flexibility index (Phi) is 4.30. The molecule has 1 N–H and O–H groups in total. The van der Waals surface area contributed by atoms with Crippen LogP contribution < -0.4 is 9.47 Å². The topological polar surface area (TPSA) is 41.9 Å². The number of phenols is 1. The summed E-state index contributed by atoms with van der Waals surface area (Å²) in [6, 6.07) is 14.3. The van der Waals surface area contributed by atoms with E-state index in [1.807, 2.05) is 6.07 Å². The summed E-state index contributed by atoms with van der Waals surface area (Å²) >= 11 is 0. The maximum Gasteiger partial charge on any atom is 0.231 e. The number of rotatable bonds is 4. The van der Waals surface area contributed by atoms with E-state index in [0.29, 0.717) is 11.5 Å². The lowest BCUT2D eigenvalue weighted by molar-refractivity contribution is 0.172. The average molecular weight is 325 g/mol. The molecule has 4 nitrogen and oxygen atoms in total. The number of nitrogens with zero attached hydrogens (tertiary/aromatic N) is 1. The van der Waals surface area contributed by atoms with Crippen molar-refractivity contribution < 1.29 is 14.6 Å². The SMILES string of the molecule is Oc1cc2c(cc1CN1CCC(Cc3ccccc3)CC1)OCO2. The molecule has 2 aromatic carbocycles. The molecule has 24 heavy (non-hydrogen) atoms. The summed E-state index contributed by atoms with van der Waals surface area (Å²) in [5, 5.41) is 10.2. The molecule has 0 spiro atoms. The van der Waals surface area contributed by atoms with Crippen LogP contribution in [0, 0.1) is 5.92 Å². The zero-order valence-corrected chi connectivity index (χ0v) is 13.8. The van der Waals surface area contributed by atoms with E-state index in [1.54, 1.807) is 6.07 Å². The number of fused-ring (bicyclic) bond motifs is 1. The largest absolute Gasteiger partial charge is 0.507 e. The first-order chi connectivity index (χ1) is 11.8. The minimum absolute atomic E-state index is 0.239. The molecule has 2 heterocycles. The van der Waals surface area contributed by atoms with Crippen LogP contribution in [0.25, 0.3) is 0 Å². The van der Waals surface area contributed by atoms with Gasteiger partial charge >= 0.3 is 0 Å². The van der Waals surface area contributed by atoms with Crippen molar-refractivity contribution in [1.82, 2.24) is 4.90 Å². The normalized spacial score (nSPS) is 18.0. The summed E-state index contributed by atoms with van der Waals surface area (Å²) < 4.78 is 10.7. The highest BCUT2D eigenvalue weighted by molar-refractivity contribution is 5.51. The molecular weight excluding hydrogens is 302 g/mol. The molecular formula is C20H23NO3. The fraction of sp³-hybridized carbons (Fsp3) is 0.400. The van der Waals surface area contributed by atoms with Crippen LogP contribution in [-0.2, 0) is 13.0 Å². The molecule has 1 fully saturated rings. The summed E-state index contributed by atoms with van der Waals surface area (Å²) in [5.41, 5.74) is 2.35. The van der Waals surface area contributed by atoms with Crippen molar-refractivity contribution in [3.8, 4) is 17.2 Å². The van der Waals surface area contributed by atoms with Gasteiger partial charge in [0.15, 0.2) is 11.5 Å². The van der Waals surface area contributed by atoms with Crippen molar-refractivity contribution >= 4 is 0 Å². The minimum Gasteiger partial charge on any atom is -0.507 e. The summed E-state index contributed by atoms with van der Waals surface area (Å²) in [6.07, 6.45) is 3.59. The van der Waals surface area contributed by atoms with Gasteiger partial charge in [0, 0.05) is 18.2 Å². The maximum atomic E-state index is 10.2. The van der Waals surface area contributed by atoms with Gasteiger partial charge in [0.25, 0.3) is 0 Å². The minimum atomic E-state index is 0.239. The van der Waals surface area contributed by atoms with Crippen LogP contribution in [0.15, 0.2) is 42.5 Å². The Bertz CT molecular complexity index is 694. The van der Waals surface area contributed by atoms with Crippen molar-refractivity contribution in [2.45, 2.75) is 25.8 Å². The van der Waals surface area contributed by atoms with Crippen molar-refractivity contribution in [2.75, 3.05) is 19.9 Å². The zero-order valence-electron chi connectivity index (χ0n) is 13.8. The highest BCUT2D eigenvalue weighted by Crippen LogP contribution is 2.38. The quantitative estimate of drug-likeness (QED) is 0.933. The number of hydrogen-bond acceptors (Lipinski definition) is 4. The third-order valence-electron chi connectivity index (χ3n) is 5.04. The molecule has 0 saturated carbocycles. The highest BCUT2D eigenvalue weighted by Gasteiger charge is 2.22. The molecule has 0 atom stereocenters. The average Bonchev–Trinajstić information content (AvgIpc) is 3.05. The Labute approximate surface area is 142 Å². The number of phenolic OH excluding ortho intramolecular Hbond substituents is 1. The molecule has 0 bridgehead atoms. The highest BCUT2D eigenvalue weighted by atomic mass is 16.7. The van der Waals surface area contributed by atoms with Gasteiger partial charge in [-0.2, -0.15) is 0 Å². The fourth-order valence-electron chi connectivity index (χ4n) is 3.64. The monoisotopic (exact) mass is 325 g/mol. The second-order valence-electron chi connectivity index (χ2n) is 6.74. The van der Waals surface area contributed by atoms with Crippen LogP contribution in [0.2, 0.25) is 0 Å². The zero-order chi connectivity index (χ0) is 16.4. The first-order valence-corrected chi connectivity index (χ1v) is 8.66. The van der Waals surface area contributed by atoms with Crippen LogP contribution in [0.5, 0.6) is 17.2 Å². The van der Waals surface area contributed by atoms with Crippen molar-refractivity contribution in [3.05, 3.63) is 53.6 Å². The summed E-state index contributed by atoms with van der Waals surface area (Å²) in [6.45, 7) is 3.15. The molecule has 4 rings (SSSR count). The van der Waals surface area contributed by atoms with Gasteiger partial charge in [0.05, 0.1) is 0 Å². The Balaban J connectivity index is 1.33. The molecule has 0 unspecified atom stereocenters. The molecule has 0 aliphatic carbocycles. The number of piperidine rings is 1. The number of hydrogen-bond donors (Lipinski definition) is 1. The maximum absolute atomic E-state index is 10.2.